The molecule has 2 N–H and O–H groups in total. The second-order valence-electron chi connectivity index (χ2n) is 4.82. The van der Waals surface area contributed by atoms with Crippen LogP contribution in [0.25, 0.3) is 0 Å². The molecule has 1 atom stereocenters. The molecule has 2 aromatic rings. The minimum absolute atomic E-state index is 0.250. The fraction of sp³-hybridized carbons (Fsp3) is 0.385. The van der Waals surface area contributed by atoms with Crippen molar-refractivity contribution in [3.63, 3.8) is 0 Å². The SMILES string of the molecule is C[C@H](N)c1c(F)cccc1N1CCn2cnnc2C1. The number of benzene rings is 1. The highest BCUT2D eigenvalue weighted by molar-refractivity contribution is 5.55. The van der Waals surface area contributed by atoms with Crippen LogP contribution in [0.2, 0.25) is 0 Å². The molecule has 1 aliphatic heterocycles. The zero-order chi connectivity index (χ0) is 13.4. The molecule has 6 heteroatoms. The topological polar surface area (TPSA) is 60.0 Å². The molecule has 0 saturated carbocycles. The minimum atomic E-state index is -0.337. The van der Waals surface area contributed by atoms with Crippen LogP contribution < -0.4 is 10.6 Å². The lowest BCUT2D eigenvalue weighted by atomic mass is 10.0. The summed E-state index contributed by atoms with van der Waals surface area (Å²) in [7, 11) is 0. The van der Waals surface area contributed by atoms with Crippen LogP contribution >= 0.6 is 0 Å². The standard InChI is InChI=1S/C13H16FN5/c1-9(15)13-10(14)3-2-4-11(13)18-5-6-19-8-16-17-12(19)7-18/h2-4,8-9H,5-7,15H2,1H3/t9-/m0/s1. The molecule has 0 unspecified atom stereocenters. The molecular weight excluding hydrogens is 245 g/mol. The van der Waals surface area contributed by atoms with Crippen LogP contribution in [0.5, 0.6) is 0 Å². The normalized spacial score (nSPS) is 16.3. The van der Waals surface area contributed by atoms with Crippen molar-refractivity contribution in [2.75, 3.05) is 11.4 Å². The molecule has 19 heavy (non-hydrogen) atoms. The molecule has 3 rings (SSSR count). The average molecular weight is 261 g/mol. The summed E-state index contributed by atoms with van der Waals surface area (Å²) in [5.74, 6) is 0.644. The van der Waals surface area contributed by atoms with E-state index in [0.29, 0.717) is 12.1 Å². The molecule has 0 fully saturated rings. The molecule has 0 bridgehead atoms. The molecule has 0 aliphatic carbocycles. The lowest BCUT2D eigenvalue weighted by Gasteiger charge is -2.31. The van der Waals surface area contributed by atoms with Gasteiger partial charge in [-0.3, -0.25) is 0 Å². The number of nitrogens with two attached hydrogens (primary N) is 1. The Morgan fingerprint density at radius 1 is 1.37 bits per heavy atom. The van der Waals surface area contributed by atoms with E-state index in [1.54, 1.807) is 19.3 Å². The lowest BCUT2D eigenvalue weighted by molar-refractivity contribution is 0.549. The molecule has 5 nitrogen and oxygen atoms in total. The maximum Gasteiger partial charge on any atom is 0.152 e. The van der Waals surface area contributed by atoms with Gasteiger partial charge in [-0.25, -0.2) is 4.39 Å². The molecule has 100 valence electrons. The predicted octanol–water partition coefficient (Wildman–Crippen LogP) is 1.46. The van der Waals surface area contributed by atoms with E-state index < -0.39 is 0 Å². The van der Waals surface area contributed by atoms with Crippen molar-refractivity contribution in [1.29, 1.82) is 0 Å². The number of hydrogen-bond donors (Lipinski definition) is 1. The number of rotatable bonds is 2. The summed E-state index contributed by atoms with van der Waals surface area (Å²) in [4.78, 5) is 2.10. The largest absolute Gasteiger partial charge is 0.362 e. The molecule has 0 saturated heterocycles. The number of nitrogens with zero attached hydrogens (tertiary/aromatic N) is 4. The summed E-state index contributed by atoms with van der Waals surface area (Å²) in [6.07, 6.45) is 1.73. The van der Waals surface area contributed by atoms with E-state index in [9.17, 15) is 4.39 Å². The number of fused-ring (bicyclic) bond motifs is 1. The summed E-state index contributed by atoms with van der Waals surface area (Å²) < 4.78 is 16.0. The Hall–Kier alpha value is -1.95. The molecule has 2 heterocycles. The highest BCUT2D eigenvalue weighted by atomic mass is 19.1. The Kier molecular flexibility index (Phi) is 2.94. The lowest BCUT2D eigenvalue weighted by Crippen LogP contribution is -2.34. The fourth-order valence-electron chi connectivity index (χ4n) is 2.52. The first-order valence-electron chi connectivity index (χ1n) is 6.32. The molecule has 0 spiro atoms. The fourth-order valence-corrected chi connectivity index (χ4v) is 2.52. The third kappa shape index (κ3) is 2.08. The van der Waals surface area contributed by atoms with E-state index >= 15 is 0 Å². The first kappa shape index (κ1) is 12.1. The zero-order valence-electron chi connectivity index (χ0n) is 10.8. The Morgan fingerprint density at radius 3 is 3.00 bits per heavy atom. The van der Waals surface area contributed by atoms with Crippen LogP contribution in [0.1, 0.15) is 24.4 Å². The van der Waals surface area contributed by atoms with Gasteiger partial charge in [-0.05, 0) is 19.1 Å². The molecule has 1 aromatic carbocycles. The van der Waals surface area contributed by atoms with Crippen molar-refractivity contribution in [3.05, 3.63) is 41.7 Å². The maximum absolute atomic E-state index is 14.0. The highest BCUT2D eigenvalue weighted by Gasteiger charge is 2.22. The first-order chi connectivity index (χ1) is 9.16. The van der Waals surface area contributed by atoms with Gasteiger partial charge in [0.15, 0.2) is 5.82 Å². The molecule has 1 aliphatic rings. The second kappa shape index (κ2) is 4.62. The summed E-state index contributed by atoms with van der Waals surface area (Å²) in [5.41, 5.74) is 7.31. The number of aromatic nitrogens is 3. The van der Waals surface area contributed by atoms with E-state index in [-0.39, 0.29) is 11.9 Å². The minimum Gasteiger partial charge on any atom is -0.362 e. The van der Waals surface area contributed by atoms with E-state index in [0.717, 1.165) is 24.6 Å². The molecule has 0 radical (unpaired) electrons. The molecule has 0 amide bonds. The van der Waals surface area contributed by atoms with Crippen LogP contribution in [-0.4, -0.2) is 21.3 Å². The predicted molar refractivity (Wildman–Crippen MR) is 70.1 cm³/mol. The van der Waals surface area contributed by atoms with Crippen LogP contribution in [0.15, 0.2) is 24.5 Å². The summed E-state index contributed by atoms with van der Waals surface area (Å²) in [5, 5.41) is 7.97. The first-order valence-corrected chi connectivity index (χ1v) is 6.32. The zero-order valence-corrected chi connectivity index (χ0v) is 10.8. The monoisotopic (exact) mass is 261 g/mol. The smallest absolute Gasteiger partial charge is 0.152 e. The van der Waals surface area contributed by atoms with E-state index in [1.807, 2.05) is 10.6 Å². The van der Waals surface area contributed by atoms with Gasteiger partial charge >= 0.3 is 0 Å². The molecule has 1 aromatic heterocycles. The van der Waals surface area contributed by atoms with Crippen molar-refractivity contribution in [2.24, 2.45) is 5.73 Å². The van der Waals surface area contributed by atoms with Crippen LogP contribution in [-0.2, 0) is 13.1 Å². The van der Waals surface area contributed by atoms with Crippen molar-refractivity contribution in [3.8, 4) is 0 Å². The third-order valence-corrected chi connectivity index (χ3v) is 3.46. The van der Waals surface area contributed by atoms with Gasteiger partial charge in [0.05, 0.1) is 6.54 Å². The average Bonchev–Trinajstić information content (AvgIpc) is 2.85. The molecular formula is C13H16FN5. The summed E-state index contributed by atoms with van der Waals surface area (Å²) >= 11 is 0. The van der Waals surface area contributed by atoms with Crippen LogP contribution in [0.4, 0.5) is 10.1 Å². The van der Waals surface area contributed by atoms with Crippen LogP contribution in [0.3, 0.4) is 0 Å². The number of anilines is 1. The van der Waals surface area contributed by atoms with E-state index in [2.05, 4.69) is 15.1 Å². The van der Waals surface area contributed by atoms with E-state index in [1.165, 1.54) is 6.07 Å². The van der Waals surface area contributed by atoms with Gasteiger partial charge in [0.2, 0.25) is 0 Å². The Labute approximate surface area is 110 Å². The second-order valence-corrected chi connectivity index (χ2v) is 4.82. The van der Waals surface area contributed by atoms with Gasteiger partial charge in [0, 0.05) is 30.4 Å². The quantitative estimate of drug-likeness (QED) is 0.889. The maximum atomic E-state index is 14.0. The highest BCUT2D eigenvalue weighted by Crippen LogP contribution is 2.29. The van der Waals surface area contributed by atoms with Gasteiger partial charge < -0.3 is 15.2 Å². The van der Waals surface area contributed by atoms with Crippen molar-refractivity contribution >= 4 is 5.69 Å². The van der Waals surface area contributed by atoms with Gasteiger partial charge in [0.1, 0.15) is 12.1 Å². The summed E-state index contributed by atoms with van der Waals surface area (Å²) in [6.45, 7) is 4.03. The number of hydrogen-bond acceptors (Lipinski definition) is 4. The van der Waals surface area contributed by atoms with Gasteiger partial charge in [-0.15, -0.1) is 10.2 Å². The van der Waals surface area contributed by atoms with Gasteiger partial charge in [-0.1, -0.05) is 6.07 Å². The summed E-state index contributed by atoms with van der Waals surface area (Å²) in [6, 6.07) is 4.74. The van der Waals surface area contributed by atoms with Gasteiger partial charge in [0.25, 0.3) is 0 Å². The van der Waals surface area contributed by atoms with Crippen molar-refractivity contribution < 1.29 is 4.39 Å². The Bertz CT molecular complexity index is 592. The van der Waals surface area contributed by atoms with Gasteiger partial charge in [-0.2, -0.15) is 0 Å². The van der Waals surface area contributed by atoms with E-state index in [4.69, 9.17) is 5.73 Å². The van der Waals surface area contributed by atoms with Crippen LogP contribution in [0, 0.1) is 5.82 Å². The third-order valence-electron chi connectivity index (χ3n) is 3.46. The Morgan fingerprint density at radius 2 is 2.21 bits per heavy atom. The van der Waals surface area contributed by atoms with Crippen molar-refractivity contribution in [2.45, 2.75) is 26.1 Å². The number of halogens is 1. The van der Waals surface area contributed by atoms with Crippen molar-refractivity contribution in [1.82, 2.24) is 14.8 Å². The Balaban J connectivity index is 1.98.